The molecular weight excluding hydrogens is 440 g/mol. The molecule has 2 aliphatic heterocycles. The van der Waals surface area contributed by atoms with Crippen LogP contribution in [-0.4, -0.2) is 36.0 Å². The molecule has 1 saturated carbocycles. The minimum atomic E-state index is -3.83. The monoisotopic (exact) mass is 474 g/mol. The van der Waals surface area contributed by atoms with E-state index in [-0.39, 0.29) is 11.8 Å². The Morgan fingerprint density at radius 3 is 2.33 bits per heavy atom. The van der Waals surface area contributed by atoms with Crippen molar-refractivity contribution >= 4 is 15.9 Å². The number of hydrogen-bond acceptors (Lipinski definition) is 5. The fraction of sp³-hybridized carbons (Fsp3) is 0.667. The van der Waals surface area contributed by atoms with Crippen molar-refractivity contribution in [3.05, 3.63) is 45.3 Å². The third kappa shape index (κ3) is 3.83. The standard InChI is InChI=1S/C24H34N4O4S/c1-15-9-10-20-21(16(15)2)17(3)22(23-25-26-24(29)32-23)28(20)33(30,31)27-13-11-19(12-14-27)18-7-5-4-6-8-18/h9-10,17-19,22H,4-8,11-14H2,1-3H3,(H,26,29). The number of hydrogen-bond donors (Lipinski definition) is 1. The van der Waals surface area contributed by atoms with E-state index in [1.54, 1.807) is 4.31 Å². The van der Waals surface area contributed by atoms with Crippen LogP contribution >= 0.6 is 0 Å². The first-order valence-electron chi connectivity index (χ1n) is 12.2. The van der Waals surface area contributed by atoms with Gasteiger partial charge in [0.05, 0.1) is 5.69 Å². The van der Waals surface area contributed by atoms with Crippen LogP contribution < -0.4 is 10.1 Å². The van der Waals surface area contributed by atoms with Crippen LogP contribution in [0.15, 0.2) is 21.3 Å². The number of aromatic nitrogens is 2. The molecule has 180 valence electrons. The molecule has 0 bridgehead atoms. The van der Waals surface area contributed by atoms with Crippen LogP contribution in [0, 0.1) is 25.7 Å². The smallest absolute Gasteiger partial charge is 0.390 e. The molecule has 0 amide bonds. The topological polar surface area (TPSA) is 99.5 Å². The van der Waals surface area contributed by atoms with Crippen molar-refractivity contribution in [2.24, 2.45) is 11.8 Å². The zero-order valence-corrected chi connectivity index (χ0v) is 20.5. The molecule has 2 fully saturated rings. The van der Waals surface area contributed by atoms with Gasteiger partial charge in [-0.3, -0.25) is 0 Å². The quantitative estimate of drug-likeness (QED) is 0.717. The maximum Gasteiger partial charge on any atom is 0.434 e. The molecule has 3 aliphatic rings. The summed E-state index contributed by atoms with van der Waals surface area (Å²) in [5.74, 6) is 0.605. The van der Waals surface area contributed by atoms with Crippen molar-refractivity contribution in [2.75, 3.05) is 17.4 Å². The van der Waals surface area contributed by atoms with E-state index in [0.717, 1.165) is 35.4 Å². The van der Waals surface area contributed by atoms with E-state index in [2.05, 4.69) is 10.2 Å². The van der Waals surface area contributed by atoms with Crippen molar-refractivity contribution in [3.63, 3.8) is 0 Å². The molecule has 1 aromatic carbocycles. The van der Waals surface area contributed by atoms with Crippen LogP contribution in [0.5, 0.6) is 0 Å². The van der Waals surface area contributed by atoms with Gasteiger partial charge in [0.2, 0.25) is 5.89 Å². The van der Waals surface area contributed by atoms with Crippen LogP contribution in [0.1, 0.15) is 86.4 Å². The summed E-state index contributed by atoms with van der Waals surface area (Å²) in [7, 11) is -3.83. The lowest BCUT2D eigenvalue weighted by atomic mass is 9.76. The van der Waals surface area contributed by atoms with E-state index >= 15 is 0 Å². The summed E-state index contributed by atoms with van der Waals surface area (Å²) in [4.78, 5) is 11.7. The summed E-state index contributed by atoms with van der Waals surface area (Å²) < 4.78 is 36.5. The lowest BCUT2D eigenvalue weighted by Crippen LogP contribution is -2.48. The molecule has 2 unspecified atom stereocenters. The number of fused-ring (bicyclic) bond motifs is 1. The van der Waals surface area contributed by atoms with Gasteiger partial charge in [-0.2, -0.15) is 12.7 Å². The normalized spacial score (nSPS) is 25.5. The van der Waals surface area contributed by atoms with Crippen LogP contribution in [0.3, 0.4) is 0 Å². The minimum absolute atomic E-state index is 0.112. The molecule has 1 aliphatic carbocycles. The summed E-state index contributed by atoms with van der Waals surface area (Å²) >= 11 is 0. The third-order valence-corrected chi connectivity index (χ3v) is 10.2. The number of nitrogens with one attached hydrogen (secondary N) is 1. The number of aryl methyl sites for hydroxylation is 1. The van der Waals surface area contributed by atoms with E-state index in [1.165, 1.54) is 36.4 Å². The summed E-state index contributed by atoms with van der Waals surface area (Å²) in [5.41, 5.74) is 3.81. The fourth-order valence-electron chi connectivity index (χ4n) is 6.36. The fourth-order valence-corrected chi connectivity index (χ4v) is 8.25. The van der Waals surface area contributed by atoms with Gasteiger partial charge in [-0.15, -0.1) is 5.10 Å². The van der Waals surface area contributed by atoms with Gasteiger partial charge in [-0.25, -0.2) is 14.2 Å². The Hall–Kier alpha value is -2.13. The molecular formula is C24H34N4O4S. The molecule has 1 saturated heterocycles. The van der Waals surface area contributed by atoms with Crippen molar-refractivity contribution in [1.82, 2.24) is 14.5 Å². The van der Waals surface area contributed by atoms with E-state index in [4.69, 9.17) is 4.42 Å². The predicted octanol–water partition coefficient (Wildman–Crippen LogP) is 4.18. The number of aromatic amines is 1. The second-order valence-electron chi connectivity index (χ2n) is 10.1. The van der Waals surface area contributed by atoms with Crippen LogP contribution in [0.2, 0.25) is 0 Å². The molecule has 8 nitrogen and oxygen atoms in total. The van der Waals surface area contributed by atoms with Gasteiger partial charge in [0, 0.05) is 19.0 Å². The zero-order valence-electron chi connectivity index (χ0n) is 19.7. The molecule has 0 spiro atoms. The van der Waals surface area contributed by atoms with Crippen molar-refractivity contribution in [1.29, 1.82) is 0 Å². The second-order valence-corrected chi connectivity index (χ2v) is 11.9. The van der Waals surface area contributed by atoms with E-state index < -0.39 is 22.0 Å². The highest BCUT2D eigenvalue weighted by molar-refractivity contribution is 7.90. The molecule has 5 rings (SSSR count). The Morgan fingerprint density at radius 2 is 1.70 bits per heavy atom. The summed E-state index contributed by atoms with van der Waals surface area (Å²) in [5, 5.41) is 6.34. The summed E-state index contributed by atoms with van der Waals surface area (Å²) in [6.45, 7) is 7.10. The highest BCUT2D eigenvalue weighted by Gasteiger charge is 2.49. The Bertz CT molecular complexity index is 1170. The van der Waals surface area contributed by atoms with Crippen LogP contribution in [0.25, 0.3) is 0 Å². The van der Waals surface area contributed by atoms with Gasteiger partial charge in [0.1, 0.15) is 6.04 Å². The molecule has 9 heteroatoms. The molecule has 1 aromatic heterocycles. The van der Waals surface area contributed by atoms with Gasteiger partial charge >= 0.3 is 16.0 Å². The van der Waals surface area contributed by atoms with Crippen molar-refractivity contribution in [2.45, 2.75) is 77.7 Å². The SMILES string of the molecule is Cc1ccc2c(c1C)C(C)C(c1n[nH]c(=O)o1)N2S(=O)(=O)N1CCC(C2CCCCC2)CC1. The zero-order chi connectivity index (χ0) is 23.3. The average molecular weight is 475 g/mol. The maximum atomic E-state index is 14.1. The number of piperidine rings is 1. The molecule has 1 N–H and O–H groups in total. The van der Waals surface area contributed by atoms with Crippen molar-refractivity contribution < 1.29 is 12.8 Å². The van der Waals surface area contributed by atoms with E-state index in [0.29, 0.717) is 24.7 Å². The largest absolute Gasteiger partial charge is 0.434 e. The first-order chi connectivity index (χ1) is 15.8. The Labute approximate surface area is 195 Å². The maximum absolute atomic E-state index is 14.1. The Morgan fingerprint density at radius 1 is 1.03 bits per heavy atom. The van der Waals surface area contributed by atoms with Crippen LogP contribution in [-0.2, 0) is 10.2 Å². The highest BCUT2D eigenvalue weighted by Crippen LogP contribution is 2.52. The van der Waals surface area contributed by atoms with Gasteiger partial charge in [-0.1, -0.05) is 45.1 Å². The Balaban J connectivity index is 1.48. The molecule has 3 heterocycles. The number of H-pyrrole nitrogens is 1. The number of nitrogens with zero attached hydrogens (tertiary/aromatic N) is 3. The predicted molar refractivity (Wildman–Crippen MR) is 126 cm³/mol. The molecule has 2 atom stereocenters. The van der Waals surface area contributed by atoms with Gasteiger partial charge in [0.15, 0.2) is 0 Å². The lowest BCUT2D eigenvalue weighted by molar-refractivity contribution is 0.170. The lowest BCUT2D eigenvalue weighted by Gasteiger charge is -2.39. The minimum Gasteiger partial charge on any atom is -0.390 e. The van der Waals surface area contributed by atoms with E-state index in [9.17, 15) is 13.2 Å². The second kappa shape index (κ2) is 8.58. The highest BCUT2D eigenvalue weighted by atomic mass is 32.2. The first kappa shape index (κ1) is 22.7. The van der Waals surface area contributed by atoms with Gasteiger partial charge in [0.25, 0.3) is 0 Å². The van der Waals surface area contributed by atoms with Gasteiger partial charge < -0.3 is 4.42 Å². The summed E-state index contributed by atoms with van der Waals surface area (Å²) in [6, 6.07) is 3.15. The van der Waals surface area contributed by atoms with Crippen molar-refractivity contribution in [3.8, 4) is 0 Å². The van der Waals surface area contributed by atoms with Gasteiger partial charge in [-0.05, 0) is 61.3 Å². The number of benzene rings is 1. The van der Waals surface area contributed by atoms with E-state index in [1.807, 2.05) is 32.9 Å². The molecule has 2 aromatic rings. The molecule has 33 heavy (non-hydrogen) atoms. The van der Waals surface area contributed by atoms with Crippen LogP contribution in [0.4, 0.5) is 5.69 Å². The first-order valence-corrected chi connectivity index (χ1v) is 13.6. The average Bonchev–Trinajstić information content (AvgIpc) is 3.38. The Kier molecular flexibility index (Phi) is 5.89. The number of anilines is 1. The molecule has 0 radical (unpaired) electrons. The summed E-state index contributed by atoms with van der Waals surface area (Å²) in [6.07, 6.45) is 8.34. The third-order valence-electron chi connectivity index (χ3n) is 8.28. The number of rotatable bonds is 4.